The molecule has 0 fully saturated rings. The number of anilines is 3. The van der Waals surface area contributed by atoms with Crippen LogP contribution in [-0.4, -0.2) is 16.9 Å². The number of fused-ring (bicyclic) bond motifs is 3. The summed E-state index contributed by atoms with van der Waals surface area (Å²) in [5.74, 6) is -0.300. The monoisotopic (exact) mass is 659 g/mol. The van der Waals surface area contributed by atoms with Crippen LogP contribution in [0, 0.1) is 0 Å². The van der Waals surface area contributed by atoms with Gasteiger partial charge in [0.2, 0.25) is 6.71 Å². The Hall–Kier alpha value is -6.26. The summed E-state index contributed by atoms with van der Waals surface area (Å²) < 4.78 is 0. The second kappa shape index (κ2) is 13.2. The van der Waals surface area contributed by atoms with Gasteiger partial charge in [-0.15, -0.1) is 0 Å². The lowest BCUT2D eigenvalue weighted by Crippen LogP contribution is -2.52. The highest BCUT2D eigenvalue weighted by molar-refractivity contribution is 6.95. The molecular weight excluding hydrogens is 621 g/mol. The van der Waals surface area contributed by atoms with Crippen molar-refractivity contribution in [3.05, 3.63) is 204 Å². The number of aliphatic hydroxyl groups is 2. The van der Waals surface area contributed by atoms with E-state index in [1.54, 1.807) is 0 Å². The van der Waals surface area contributed by atoms with E-state index in [-0.39, 0.29) is 23.6 Å². The maximum Gasteiger partial charge on any atom is 0.241 e. The SMILES string of the molecule is CC1(C)c2cc(B(c3ccccc3)c3ccccc3)ccc2-c2ccc(/C(O)=C(\O)c3ccc(N(c4ccccc4)c4ccccc4)cc3)cc21. The third-order valence-corrected chi connectivity index (χ3v) is 10.2. The molecule has 0 radical (unpaired) electrons. The minimum absolute atomic E-state index is 0.107. The average molecular weight is 660 g/mol. The molecule has 0 aromatic heterocycles. The van der Waals surface area contributed by atoms with Crippen molar-refractivity contribution in [1.82, 2.24) is 0 Å². The first kappa shape index (κ1) is 32.0. The first-order valence-corrected chi connectivity index (χ1v) is 17.4. The van der Waals surface area contributed by atoms with Crippen LogP contribution in [-0.2, 0) is 5.41 Å². The molecule has 1 aliphatic carbocycles. The molecule has 7 aromatic carbocycles. The van der Waals surface area contributed by atoms with Gasteiger partial charge in [-0.2, -0.15) is 0 Å². The minimum Gasteiger partial charge on any atom is -0.504 e. The Morgan fingerprint density at radius 1 is 0.431 bits per heavy atom. The van der Waals surface area contributed by atoms with E-state index in [2.05, 4.69) is 128 Å². The summed E-state index contributed by atoms with van der Waals surface area (Å²) in [4.78, 5) is 2.16. The molecular formula is C47H38BNO2. The lowest BCUT2D eigenvalue weighted by molar-refractivity contribution is 0.459. The first-order chi connectivity index (χ1) is 24.9. The number of benzene rings is 7. The second-order valence-corrected chi connectivity index (χ2v) is 13.7. The molecule has 246 valence electrons. The Kier molecular flexibility index (Phi) is 8.29. The van der Waals surface area contributed by atoms with Crippen LogP contribution in [0.15, 0.2) is 182 Å². The summed E-state index contributed by atoms with van der Waals surface area (Å²) in [6.07, 6.45) is 0. The van der Waals surface area contributed by atoms with Gasteiger partial charge < -0.3 is 15.1 Å². The molecule has 0 unspecified atom stereocenters. The molecule has 0 aliphatic heterocycles. The van der Waals surface area contributed by atoms with Crippen molar-refractivity contribution < 1.29 is 10.2 Å². The number of rotatable bonds is 8. The zero-order chi connectivity index (χ0) is 35.0. The highest BCUT2D eigenvalue weighted by Crippen LogP contribution is 2.49. The molecule has 0 saturated carbocycles. The average Bonchev–Trinajstić information content (AvgIpc) is 3.41. The Morgan fingerprint density at radius 3 is 1.37 bits per heavy atom. The lowest BCUT2D eigenvalue weighted by atomic mass is 9.36. The van der Waals surface area contributed by atoms with Gasteiger partial charge >= 0.3 is 0 Å². The topological polar surface area (TPSA) is 43.7 Å². The fourth-order valence-corrected chi connectivity index (χ4v) is 7.59. The highest BCUT2D eigenvalue weighted by atomic mass is 16.3. The summed E-state index contributed by atoms with van der Waals surface area (Å²) in [5, 5.41) is 22.9. The number of hydrogen-bond donors (Lipinski definition) is 2. The van der Waals surface area contributed by atoms with Crippen molar-refractivity contribution in [3.8, 4) is 11.1 Å². The van der Waals surface area contributed by atoms with Gasteiger partial charge in [-0.25, -0.2) is 0 Å². The largest absolute Gasteiger partial charge is 0.504 e. The van der Waals surface area contributed by atoms with Crippen LogP contribution in [0.5, 0.6) is 0 Å². The molecule has 0 spiro atoms. The summed E-state index contributed by atoms with van der Waals surface area (Å²) in [6.45, 7) is 4.60. The fourth-order valence-electron chi connectivity index (χ4n) is 7.59. The Balaban J connectivity index is 1.12. The fraction of sp³-hybridized carbons (Fsp3) is 0.0638. The van der Waals surface area contributed by atoms with Gasteiger partial charge in [0.15, 0.2) is 11.5 Å². The minimum atomic E-state index is -0.315. The smallest absolute Gasteiger partial charge is 0.241 e. The number of para-hydroxylation sites is 2. The third-order valence-electron chi connectivity index (χ3n) is 10.2. The summed E-state index contributed by atoms with van der Waals surface area (Å²) in [5.41, 5.74) is 12.3. The van der Waals surface area contributed by atoms with Crippen molar-refractivity contribution in [1.29, 1.82) is 0 Å². The molecule has 0 atom stereocenters. The molecule has 3 nitrogen and oxygen atoms in total. The normalized spacial score (nSPS) is 13.1. The van der Waals surface area contributed by atoms with Gasteiger partial charge in [0.1, 0.15) is 0 Å². The van der Waals surface area contributed by atoms with Gasteiger partial charge in [-0.3, -0.25) is 0 Å². The van der Waals surface area contributed by atoms with Crippen LogP contribution < -0.4 is 21.3 Å². The van der Waals surface area contributed by atoms with E-state index in [1.807, 2.05) is 72.8 Å². The van der Waals surface area contributed by atoms with Gasteiger partial charge in [0.25, 0.3) is 0 Å². The molecule has 8 rings (SSSR count). The number of nitrogens with zero attached hydrogens (tertiary/aromatic N) is 1. The predicted molar refractivity (Wildman–Crippen MR) is 215 cm³/mol. The molecule has 2 N–H and O–H groups in total. The molecule has 7 aromatic rings. The third kappa shape index (κ3) is 5.89. The van der Waals surface area contributed by atoms with Crippen LogP contribution in [0.1, 0.15) is 36.1 Å². The van der Waals surface area contributed by atoms with Gasteiger partial charge in [0, 0.05) is 33.6 Å². The van der Waals surface area contributed by atoms with Crippen LogP contribution in [0.3, 0.4) is 0 Å². The zero-order valence-corrected chi connectivity index (χ0v) is 28.7. The molecule has 0 saturated heterocycles. The van der Waals surface area contributed by atoms with Crippen molar-refractivity contribution in [3.63, 3.8) is 0 Å². The van der Waals surface area contributed by atoms with Crippen molar-refractivity contribution in [2.45, 2.75) is 19.3 Å². The van der Waals surface area contributed by atoms with E-state index < -0.39 is 0 Å². The molecule has 0 bridgehead atoms. The quantitative estimate of drug-likeness (QED) is 0.0970. The lowest BCUT2D eigenvalue weighted by Gasteiger charge is -2.25. The highest BCUT2D eigenvalue weighted by Gasteiger charge is 2.37. The molecule has 0 heterocycles. The Labute approximate surface area is 300 Å². The van der Waals surface area contributed by atoms with Crippen molar-refractivity contribution in [2.24, 2.45) is 0 Å². The van der Waals surface area contributed by atoms with Crippen molar-refractivity contribution >= 4 is 51.7 Å². The summed E-state index contributed by atoms with van der Waals surface area (Å²) in [6, 6.07) is 62.3. The van der Waals surface area contributed by atoms with E-state index >= 15 is 0 Å². The standard InChI is InChI=1S/C47H38BNO2/c1-47(2)43-31-34(46(51)45(50)33-23-27-40(28-24-33)49(38-19-11-5-12-20-38)39-21-13-6-14-22-39)25-29-41(43)42-30-26-37(32-44(42)47)48(35-15-7-3-8-16-35)36-17-9-4-10-18-36/h3-32,50-51H,1-2H3/b46-45+. The van der Waals surface area contributed by atoms with Crippen molar-refractivity contribution in [2.75, 3.05) is 4.90 Å². The predicted octanol–water partition coefficient (Wildman–Crippen LogP) is 9.92. The van der Waals surface area contributed by atoms with Gasteiger partial charge in [-0.05, 0) is 76.9 Å². The van der Waals surface area contributed by atoms with E-state index in [0.29, 0.717) is 11.1 Å². The summed E-state index contributed by atoms with van der Waals surface area (Å²) in [7, 11) is 0. The van der Waals surface area contributed by atoms with Gasteiger partial charge in [0.05, 0.1) is 0 Å². The zero-order valence-electron chi connectivity index (χ0n) is 28.7. The van der Waals surface area contributed by atoms with Crippen LogP contribution >= 0.6 is 0 Å². The maximum absolute atomic E-state index is 11.5. The summed E-state index contributed by atoms with van der Waals surface area (Å²) >= 11 is 0. The van der Waals surface area contributed by atoms with Crippen LogP contribution in [0.2, 0.25) is 0 Å². The van der Waals surface area contributed by atoms with E-state index in [0.717, 1.165) is 28.2 Å². The van der Waals surface area contributed by atoms with Gasteiger partial charge in [-0.1, -0.05) is 158 Å². The maximum atomic E-state index is 11.5. The number of hydrogen-bond acceptors (Lipinski definition) is 3. The number of aliphatic hydroxyl groups excluding tert-OH is 2. The molecule has 4 heteroatoms. The Bertz CT molecular complexity index is 2260. The van der Waals surface area contributed by atoms with E-state index in [9.17, 15) is 10.2 Å². The van der Waals surface area contributed by atoms with E-state index in [1.165, 1.54) is 27.5 Å². The van der Waals surface area contributed by atoms with Crippen LogP contribution in [0.25, 0.3) is 22.6 Å². The Morgan fingerprint density at radius 2 is 0.843 bits per heavy atom. The molecule has 1 aliphatic rings. The van der Waals surface area contributed by atoms with E-state index in [4.69, 9.17) is 0 Å². The molecule has 0 amide bonds. The van der Waals surface area contributed by atoms with Crippen LogP contribution in [0.4, 0.5) is 17.1 Å². The molecule has 51 heavy (non-hydrogen) atoms. The first-order valence-electron chi connectivity index (χ1n) is 17.4. The second-order valence-electron chi connectivity index (χ2n) is 13.7.